The average Bonchev–Trinajstić information content (AvgIpc) is 2.44. The zero-order chi connectivity index (χ0) is 16.0. The normalized spacial score (nSPS) is 12.7. The molecule has 2 N–H and O–H groups in total. The summed E-state index contributed by atoms with van der Waals surface area (Å²) in [5.41, 5.74) is 0.372. The molecule has 1 amide bonds. The number of carbonyl (C=O) groups is 1. The van der Waals surface area contributed by atoms with Crippen molar-refractivity contribution < 1.29 is 13.2 Å². The molecule has 0 fully saturated rings. The highest BCUT2D eigenvalue weighted by molar-refractivity contribution is 7.89. The van der Waals surface area contributed by atoms with Crippen LogP contribution < -0.4 is 10.0 Å². The number of hydrogen-bond acceptors (Lipinski definition) is 4. The van der Waals surface area contributed by atoms with Gasteiger partial charge < -0.3 is 5.32 Å². The van der Waals surface area contributed by atoms with E-state index in [2.05, 4.69) is 10.0 Å². The van der Waals surface area contributed by atoms with Gasteiger partial charge in [-0.2, -0.15) is 9.98 Å². The van der Waals surface area contributed by atoms with Gasteiger partial charge in [0.25, 0.3) is 0 Å². The van der Waals surface area contributed by atoms with Crippen LogP contribution in [0.25, 0.3) is 0 Å². The van der Waals surface area contributed by atoms with Gasteiger partial charge in [0.15, 0.2) is 0 Å². The smallest absolute Gasteiger partial charge is 0.241 e. The first-order valence-electron chi connectivity index (χ1n) is 6.56. The summed E-state index contributed by atoms with van der Waals surface area (Å²) in [5.74, 6) is -0.0859. The molecule has 0 aromatic heterocycles. The zero-order valence-corrected chi connectivity index (χ0v) is 13.1. The lowest BCUT2D eigenvalue weighted by Crippen LogP contribution is -2.45. The Morgan fingerprint density at radius 3 is 2.29 bits per heavy atom. The first-order chi connectivity index (χ1) is 9.76. The van der Waals surface area contributed by atoms with Crippen LogP contribution >= 0.6 is 0 Å². The van der Waals surface area contributed by atoms with Crippen LogP contribution in [-0.4, -0.2) is 26.9 Å². The summed E-state index contributed by atoms with van der Waals surface area (Å²) in [5, 5.41) is 11.4. The molecule has 0 radical (unpaired) electrons. The van der Waals surface area contributed by atoms with Gasteiger partial charge >= 0.3 is 0 Å². The molecule has 1 atom stereocenters. The van der Waals surface area contributed by atoms with Crippen LogP contribution in [-0.2, 0) is 14.8 Å². The van der Waals surface area contributed by atoms with E-state index in [0.717, 1.165) is 0 Å². The Hall–Kier alpha value is -1.91. The fraction of sp³-hybridized carbons (Fsp3) is 0.429. The van der Waals surface area contributed by atoms with Crippen LogP contribution in [0.15, 0.2) is 29.2 Å². The van der Waals surface area contributed by atoms with Gasteiger partial charge in [-0.05, 0) is 37.1 Å². The van der Waals surface area contributed by atoms with E-state index in [0.29, 0.717) is 12.1 Å². The number of benzene rings is 1. The Balaban J connectivity index is 2.75. The van der Waals surface area contributed by atoms with E-state index in [1.54, 1.807) is 0 Å². The highest BCUT2D eigenvalue weighted by Crippen LogP contribution is 2.10. The van der Waals surface area contributed by atoms with Crippen molar-refractivity contribution in [3.63, 3.8) is 0 Å². The third kappa shape index (κ3) is 5.17. The first kappa shape index (κ1) is 17.1. The van der Waals surface area contributed by atoms with E-state index in [1.165, 1.54) is 31.2 Å². The van der Waals surface area contributed by atoms with Crippen LogP contribution in [0.2, 0.25) is 0 Å². The monoisotopic (exact) mass is 309 g/mol. The van der Waals surface area contributed by atoms with Gasteiger partial charge in [0, 0.05) is 6.54 Å². The van der Waals surface area contributed by atoms with Crippen molar-refractivity contribution in [3.05, 3.63) is 29.8 Å². The molecule has 0 aliphatic heterocycles. The van der Waals surface area contributed by atoms with E-state index in [1.807, 2.05) is 19.9 Å². The Morgan fingerprint density at radius 2 is 1.81 bits per heavy atom. The van der Waals surface area contributed by atoms with Gasteiger partial charge in [0.2, 0.25) is 15.9 Å². The van der Waals surface area contributed by atoms with Crippen molar-refractivity contribution in [3.8, 4) is 6.07 Å². The number of nitrogens with zero attached hydrogens (tertiary/aromatic N) is 1. The number of nitrogens with one attached hydrogen (secondary N) is 2. The molecule has 6 nitrogen and oxygen atoms in total. The highest BCUT2D eigenvalue weighted by atomic mass is 32.2. The molecular formula is C14H19N3O3S. The molecule has 0 heterocycles. The molecule has 114 valence electrons. The zero-order valence-electron chi connectivity index (χ0n) is 12.3. The van der Waals surface area contributed by atoms with Crippen molar-refractivity contribution in [1.29, 1.82) is 5.26 Å². The maximum atomic E-state index is 12.1. The van der Waals surface area contributed by atoms with E-state index in [9.17, 15) is 13.2 Å². The second kappa shape index (κ2) is 7.20. The van der Waals surface area contributed by atoms with Crippen LogP contribution in [0.1, 0.15) is 26.3 Å². The number of rotatable bonds is 6. The molecule has 0 aliphatic carbocycles. The topological polar surface area (TPSA) is 99.1 Å². The Morgan fingerprint density at radius 1 is 1.24 bits per heavy atom. The van der Waals surface area contributed by atoms with Gasteiger partial charge in [-0.3, -0.25) is 4.79 Å². The minimum Gasteiger partial charge on any atom is -0.354 e. The van der Waals surface area contributed by atoms with Gasteiger partial charge in [0.05, 0.1) is 22.6 Å². The highest BCUT2D eigenvalue weighted by Gasteiger charge is 2.21. The molecule has 1 unspecified atom stereocenters. The molecule has 7 heteroatoms. The maximum absolute atomic E-state index is 12.1. The second-order valence-electron chi connectivity index (χ2n) is 5.12. The SMILES string of the molecule is CC(C)CNC(=O)C(C)NS(=O)(=O)c1ccc(C#N)cc1. The summed E-state index contributed by atoms with van der Waals surface area (Å²) in [6, 6.07) is 6.54. The predicted octanol–water partition coefficient (Wildman–Crippen LogP) is 0.997. The number of sulfonamides is 1. The fourth-order valence-electron chi connectivity index (χ4n) is 1.52. The molecule has 0 aliphatic rings. The Labute approximate surface area is 125 Å². The van der Waals surface area contributed by atoms with Crippen LogP contribution in [0.5, 0.6) is 0 Å². The molecule has 1 aromatic carbocycles. The first-order valence-corrected chi connectivity index (χ1v) is 8.05. The van der Waals surface area contributed by atoms with Crippen molar-refractivity contribution in [2.24, 2.45) is 5.92 Å². The molecule has 1 aromatic rings. The predicted molar refractivity (Wildman–Crippen MR) is 78.8 cm³/mol. The van der Waals surface area contributed by atoms with Crippen molar-refractivity contribution >= 4 is 15.9 Å². The molecule has 0 spiro atoms. The van der Waals surface area contributed by atoms with Gasteiger partial charge in [0.1, 0.15) is 0 Å². The van der Waals surface area contributed by atoms with E-state index in [4.69, 9.17) is 5.26 Å². The summed E-state index contributed by atoms with van der Waals surface area (Å²) in [6.45, 7) is 5.87. The van der Waals surface area contributed by atoms with Crippen molar-refractivity contribution in [1.82, 2.24) is 10.0 Å². The standard InChI is InChI=1S/C14H19N3O3S/c1-10(2)9-16-14(18)11(3)17-21(19,20)13-6-4-12(8-15)5-7-13/h4-7,10-11,17H,9H2,1-3H3,(H,16,18). The molecule has 21 heavy (non-hydrogen) atoms. The third-order valence-electron chi connectivity index (χ3n) is 2.70. The number of amides is 1. The largest absolute Gasteiger partial charge is 0.354 e. The number of nitriles is 1. The van der Waals surface area contributed by atoms with Gasteiger partial charge in [-0.15, -0.1) is 0 Å². The lowest BCUT2D eigenvalue weighted by molar-refractivity contribution is -0.122. The van der Waals surface area contributed by atoms with Crippen LogP contribution in [0.3, 0.4) is 0 Å². The number of hydrogen-bond donors (Lipinski definition) is 2. The Kier molecular flexibility index (Phi) is 5.88. The summed E-state index contributed by atoms with van der Waals surface area (Å²) >= 11 is 0. The lowest BCUT2D eigenvalue weighted by atomic mass is 10.2. The van der Waals surface area contributed by atoms with Crippen LogP contribution in [0.4, 0.5) is 0 Å². The molecule has 0 bridgehead atoms. The minimum absolute atomic E-state index is 0.0185. The number of carbonyl (C=O) groups excluding carboxylic acids is 1. The maximum Gasteiger partial charge on any atom is 0.241 e. The van der Waals surface area contributed by atoms with E-state index >= 15 is 0 Å². The third-order valence-corrected chi connectivity index (χ3v) is 4.26. The van der Waals surface area contributed by atoms with E-state index < -0.39 is 16.1 Å². The van der Waals surface area contributed by atoms with Crippen molar-refractivity contribution in [2.75, 3.05) is 6.54 Å². The minimum atomic E-state index is -3.79. The summed E-state index contributed by atoms with van der Waals surface area (Å²) < 4.78 is 26.5. The Bertz CT molecular complexity index is 630. The summed E-state index contributed by atoms with van der Waals surface area (Å²) in [7, 11) is -3.79. The quantitative estimate of drug-likeness (QED) is 0.818. The summed E-state index contributed by atoms with van der Waals surface area (Å²) in [4.78, 5) is 11.8. The van der Waals surface area contributed by atoms with Crippen LogP contribution in [0, 0.1) is 17.2 Å². The average molecular weight is 309 g/mol. The fourth-order valence-corrected chi connectivity index (χ4v) is 2.72. The molecule has 1 rings (SSSR count). The molecule has 0 saturated carbocycles. The second-order valence-corrected chi connectivity index (χ2v) is 6.83. The van der Waals surface area contributed by atoms with Gasteiger partial charge in [-0.1, -0.05) is 13.8 Å². The van der Waals surface area contributed by atoms with E-state index in [-0.39, 0.29) is 16.7 Å². The van der Waals surface area contributed by atoms with Crippen molar-refractivity contribution in [2.45, 2.75) is 31.7 Å². The van der Waals surface area contributed by atoms with Gasteiger partial charge in [-0.25, -0.2) is 8.42 Å². The molecular weight excluding hydrogens is 290 g/mol. The molecule has 0 saturated heterocycles. The lowest BCUT2D eigenvalue weighted by Gasteiger charge is -2.15. The summed E-state index contributed by atoms with van der Waals surface area (Å²) in [6.07, 6.45) is 0.